The SMILES string of the molecule is CCOC(=O)c1nc(C)nc(Oc2ccc(C)cc2)c1CC. The summed E-state index contributed by atoms with van der Waals surface area (Å²) in [7, 11) is 0. The van der Waals surface area contributed by atoms with Gasteiger partial charge in [-0.25, -0.2) is 9.78 Å². The van der Waals surface area contributed by atoms with E-state index in [0.717, 1.165) is 5.56 Å². The Balaban J connectivity index is 2.41. The van der Waals surface area contributed by atoms with Crippen LogP contribution < -0.4 is 4.74 Å². The first-order chi connectivity index (χ1) is 10.5. The Labute approximate surface area is 130 Å². The van der Waals surface area contributed by atoms with Gasteiger partial charge in [-0.05, 0) is 39.3 Å². The Morgan fingerprint density at radius 3 is 2.36 bits per heavy atom. The topological polar surface area (TPSA) is 61.3 Å². The molecule has 1 aromatic carbocycles. The molecule has 0 aliphatic rings. The van der Waals surface area contributed by atoms with E-state index in [4.69, 9.17) is 9.47 Å². The summed E-state index contributed by atoms with van der Waals surface area (Å²) >= 11 is 0. The van der Waals surface area contributed by atoms with Crippen LogP contribution in [0.2, 0.25) is 0 Å². The van der Waals surface area contributed by atoms with Crippen molar-refractivity contribution in [3.05, 3.63) is 46.9 Å². The van der Waals surface area contributed by atoms with E-state index < -0.39 is 5.97 Å². The number of carbonyl (C=O) groups excluding carboxylic acids is 1. The van der Waals surface area contributed by atoms with E-state index in [2.05, 4.69) is 9.97 Å². The highest BCUT2D eigenvalue weighted by Crippen LogP contribution is 2.26. The second-order valence-electron chi connectivity index (χ2n) is 4.89. The van der Waals surface area contributed by atoms with Crippen LogP contribution in [0.15, 0.2) is 24.3 Å². The van der Waals surface area contributed by atoms with E-state index in [9.17, 15) is 4.79 Å². The highest BCUT2D eigenvalue weighted by atomic mass is 16.5. The van der Waals surface area contributed by atoms with Crippen molar-refractivity contribution in [1.29, 1.82) is 0 Å². The molecule has 0 atom stereocenters. The summed E-state index contributed by atoms with van der Waals surface area (Å²) in [5.41, 5.74) is 2.08. The van der Waals surface area contributed by atoms with Gasteiger partial charge < -0.3 is 9.47 Å². The van der Waals surface area contributed by atoms with Gasteiger partial charge in [0.25, 0.3) is 0 Å². The fourth-order valence-electron chi connectivity index (χ4n) is 2.06. The molecule has 0 N–H and O–H groups in total. The molecule has 1 aromatic heterocycles. The summed E-state index contributed by atoms with van der Waals surface area (Å²) in [6, 6.07) is 7.66. The van der Waals surface area contributed by atoms with Crippen molar-refractivity contribution < 1.29 is 14.3 Å². The van der Waals surface area contributed by atoms with Gasteiger partial charge in [0, 0.05) is 5.56 Å². The first-order valence-electron chi connectivity index (χ1n) is 7.34. The van der Waals surface area contributed by atoms with Crippen LogP contribution in [-0.4, -0.2) is 22.5 Å². The molecule has 0 saturated heterocycles. The normalized spacial score (nSPS) is 10.4. The molecule has 0 spiro atoms. The third-order valence-electron chi connectivity index (χ3n) is 3.14. The minimum Gasteiger partial charge on any atom is -0.461 e. The summed E-state index contributed by atoms with van der Waals surface area (Å²) in [5.74, 6) is 1.11. The van der Waals surface area contributed by atoms with Gasteiger partial charge in [0.15, 0.2) is 5.69 Å². The standard InChI is InChI=1S/C17H20N2O3/c1-5-14-15(17(20)21-6-2)18-12(4)19-16(14)22-13-9-7-11(3)8-10-13/h7-10H,5-6H2,1-4H3. The van der Waals surface area contributed by atoms with Crippen LogP contribution in [0.5, 0.6) is 11.6 Å². The van der Waals surface area contributed by atoms with E-state index in [1.54, 1.807) is 13.8 Å². The number of esters is 1. The predicted molar refractivity (Wildman–Crippen MR) is 83.4 cm³/mol. The number of rotatable bonds is 5. The van der Waals surface area contributed by atoms with Crippen molar-refractivity contribution >= 4 is 5.97 Å². The first-order valence-corrected chi connectivity index (χ1v) is 7.34. The molecule has 0 radical (unpaired) electrons. The van der Waals surface area contributed by atoms with E-state index >= 15 is 0 Å². The molecule has 1 heterocycles. The van der Waals surface area contributed by atoms with Crippen molar-refractivity contribution in [2.75, 3.05) is 6.61 Å². The number of hydrogen-bond acceptors (Lipinski definition) is 5. The van der Waals surface area contributed by atoms with Gasteiger partial charge >= 0.3 is 5.97 Å². The zero-order valence-corrected chi connectivity index (χ0v) is 13.3. The minimum atomic E-state index is -0.446. The third kappa shape index (κ3) is 3.61. The van der Waals surface area contributed by atoms with Gasteiger partial charge in [-0.15, -0.1) is 0 Å². The monoisotopic (exact) mass is 300 g/mol. The van der Waals surface area contributed by atoms with Gasteiger partial charge in [-0.3, -0.25) is 0 Å². The van der Waals surface area contributed by atoms with Crippen LogP contribution in [0.4, 0.5) is 0 Å². The quantitative estimate of drug-likeness (QED) is 0.789. The van der Waals surface area contributed by atoms with E-state index in [0.29, 0.717) is 36.0 Å². The Hall–Kier alpha value is -2.43. The molecule has 116 valence electrons. The molecule has 0 fully saturated rings. The number of carbonyl (C=O) groups is 1. The van der Waals surface area contributed by atoms with Crippen molar-refractivity contribution in [3.8, 4) is 11.6 Å². The lowest BCUT2D eigenvalue weighted by molar-refractivity contribution is 0.0517. The van der Waals surface area contributed by atoms with Crippen LogP contribution in [0.1, 0.15) is 41.3 Å². The largest absolute Gasteiger partial charge is 0.461 e. The lowest BCUT2D eigenvalue weighted by Crippen LogP contribution is -2.13. The van der Waals surface area contributed by atoms with E-state index in [1.807, 2.05) is 38.1 Å². The Morgan fingerprint density at radius 2 is 1.77 bits per heavy atom. The molecule has 5 heteroatoms. The number of benzene rings is 1. The maximum absolute atomic E-state index is 12.1. The predicted octanol–water partition coefficient (Wildman–Crippen LogP) is 3.62. The first kappa shape index (κ1) is 15.9. The molecule has 0 unspecified atom stereocenters. The summed E-state index contributed by atoms with van der Waals surface area (Å²) in [6.07, 6.45) is 0.579. The third-order valence-corrected chi connectivity index (χ3v) is 3.14. The highest BCUT2D eigenvalue weighted by molar-refractivity contribution is 5.89. The van der Waals surface area contributed by atoms with Crippen LogP contribution in [0.25, 0.3) is 0 Å². The average molecular weight is 300 g/mol. The van der Waals surface area contributed by atoms with Crippen molar-refractivity contribution in [3.63, 3.8) is 0 Å². The van der Waals surface area contributed by atoms with Gasteiger partial charge in [-0.2, -0.15) is 4.98 Å². The molecular formula is C17H20N2O3. The molecule has 22 heavy (non-hydrogen) atoms. The molecular weight excluding hydrogens is 280 g/mol. The van der Waals surface area contributed by atoms with Gasteiger partial charge in [-0.1, -0.05) is 24.6 Å². The Kier molecular flexibility index (Phi) is 5.09. The molecule has 0 bridgehead atoms. The molecule has 2 rings (SSSR count). The van der Waals surface area contributed by atoms with Crippen LogP contribution in [-0.2, 0) is 11.2 Å². The van der Waals surface area contributed by atoms with Crippen molar-refractivity contribution in [2.45, 2.75) is 34.1 Å². The van der Waals surface area contributed by atoms with Crippen molar-refractivity contribution in [2.24, 2.45) is 0 Å². The molecule has 2 aromatic rings. The van der Waals surface area contributed by atoms with Gasteiger partial charge in [0.05, 0.1) is 6.61 Å². The Morgan fingerprint density at radius 1 is 1.09 bits per heavy atom. The van der Waals surface area contributed by atoms with Crippen LogP contribution >= 0.6 is 0 Å². The van der Waals surface area contributed by atoms with Crippen LogP contribution in [0.3, 0.4) is 0 Å². The fraction of sp³-hybridized carbons (Fsp3) is 0.353. The maximum Gasteiger partial charge on any atom is 0.357 e. The zero-order valence-electron chi connectivity index (χ0n) is 13.3. The molecule has 5 nitrogen and oxygen atoms in total. The van der Waals surface area contributed by atoms with Gasteiger partial charge in [0.1, 0.15) is 11.6 Å². The number of ether oxygens (including phenoxy) is 2. The summed E-state index contributed by atoms with van der Waals surface area (Å²) < 4.78 is 10.9. The zero-order chi connectivity index (χ0) is 16.1. The molecule has 0 aliphatic carbocycles. The molecule has 0 amide bonds. The highest BCUT2D eigenvalue weighted by Gasteiger charge is 2.20. The summed E-state index contributed by atoms with van der Waals surface area (Å²) in [6.45, 7) is 7.73. The second-order valence-corrected chi connectivity index (χ2v) is 4.89. The second kappa shape index (κ2) is 7.02. The maximum atomic E-state index is 12.1. The van der Waals surface area contributed by atoms with E-state index in [-0.39, 0.29) is 5.69 Å². The Bertz CT molecular complexity index is 666. The number of nitrogens with zero attached hydrogens (tertiary/aromatic N) is 2. The smallest absolute Gasteiger partial charge is 0.357 e. The molecule has 0 saturated carbocycles. The van der Waals surface area contributed by atoms with E-state index in [1.165, 1.54) is 0 Å². The number of aromatic nitrogens is 2. The lowest BCUT2D eigenvalue weighted by atomic mass is 10.1. The van der Waals surface area contributed by atoms with Gasteiger partial charge in [0.2, 0.25) is 5.88 Å². The summed E-state index contributed by atoms with van der Waals surface area (Å²) in [4.78, 5) is 20.6. The van der Waals surface area contributed by atoms with Crippen molar-refractivity contribution in [1.82, 2.24) is 9.97 Å². The number of hydrogen-bond donors (Lipinski definition) is 0. The van der Waals surface area contributed by atoms with Crippen LogP contribution in [0, 0.1) is 13.8 Å². The minimum absolute atomic E-state index is 0.277. The number of aryl methyl sites for hydroxylation is 2. The lowest BCUT2D eigenvalue weighted by Gasteiger charge is -2.13. The average Bonchev–Trinajstić information content (AvgIpc) is 2.49. The fourth-order valence-corrected chi connectivity index (χ4v) is 2.06. The summed E-state index contributed by atoms with van der Waals surface area (Å²) in [5, 5.41) is 0. The molecule has 0 aliphatic heterocycles.